The molecule has 0 aromatic rings. The van der Waals surface area contributed by atoms with Crippen LogP contribution in [0.15, 0.2) is 0 Å². The molecule has 1 aliphatic heterocycles. The largest absolute Gasteiger partial charge is 0.311 e. The first-order valence-corrected chi connectivity index (χ1v) is 8.98. The second-order valence-corrected chi connectivity index (χ2v) is 7.70. The van der Waals surface area contributed by atoms with Crippen molar-refractivity contribution < 1.29 is 8.42 Å². The Labute approximate surface area is 112 Å². The quantitative estimate of drug-likeness (QED) is 0.761. The van der Waals surface area contributed by atoms with Crippen LogP contribution in [0.1, 0.15) is 40.0 Å². The monoisotopic (exact) mass is 276 g/mol. The van der Waals surface area contributed by atoms with Crippen LogP contribution in [-0.4, -0.2) is 56.5 Å². The molecule has 1 N–H and O–H groups in total. The summed E-state index contributed by atoms with van der Waals surface area (Å²) in [6.07, 6.45) is 3.02. The molecule has 5 heteroatoms. The van der Waals surface area contributed by atoms with E-state index in [9.17, 15) is 8.42 Å². The minimum atomic E-state index is -2.85. The molecule has 0 bridgehead atoms. The summed E-state index contributed by atoms with van der Waals surface area (Å²) >= 11 is 0. The number of piperazine rings is 1. The van der Waals surface area contributed by atoms with E-state index < -0.39 is 9.84 Å². The van der Waals surface area contributed by atoms with E-state index in [-0.39, 0.29) is 0 Å². The highest BCUT2D eigenvalue weighted by Crippen LogP contribution is 2.12. The number of hydrogen-bond donors (Lipinski definition) is 1. The van der Waals surface area contributed by atoms with Gasteiger partial charge in [0.2, 0.25) is 0 Å². The van der Waals surface area contributed by atoms with Gasteiger partial charge in [0.15, 0.2) is 9.84 Å². The van der Waals surface area contributed by atoms with Gasteiger partial charge in [-0.3, -0.25) is 4.90 Å². The molecule has 0 saturated carbocycles. The number of sulfone groups is 1. The maximum Gasteiger partial charge on any atom is 0.151 e. The smallest absolute Gasteiger partial charge is 0.151 e. The molecule has 2 unspecified atom stereocenters. The zero-order valence-electron chi connectivity index (χ0n) is 12.0. The summed E-state index contributed by atoms with van der Waals surface area (Å²) in [4.78, 5) is 2.36. The fourth-order valence-corrected chi connectivity index (χ4v) is 3.93. The van der Waals surface area contributed by atoms with Crippen LogP contribution in [0.5, 0.6) is 0 Å². The lowest BCUT2D eigenvalue weighted by molar-refractivity contribution is 0.135. The molecule has 108 valence electrons. The number of nitrogens with one attached hydrogen (secondary N) is 1. The molecule has 1 saturated heterocycles. The van der Waals surface area contributed by atoms with Gasteiger partial charge in [-0.05, 0) is 19.8 Å². The predicted molar refractivity (Wildman–Crippen MR) is 76.7 cm³/mol. The van der Waals surface area contributed by atoms with Crippen molar-refractivity contribution in [2.24, 2.45) is 0 Å². The van der Waals surface area contributed by atoms with Crippen molar-refractivity contribution in [3.8, 4) is 0 Å². The standard InChI is InChI=1S/C13H28N2O2S/c1-4-6-13-10-14-12(3)11-15(13)7-9-18(16,17)8-5-2/h12-14H,4-11H2,1-3H3. The summed E-state index contributed by atoms with van der Waals surface area (Å²) in [6, 6.07) is 0.968. The highest BCUT2D eigenvalue weighted by molar-refractivity contribution is 7.91. The molecule has 1 fully saturated rings. The fraction of sp³-hybridized carbons (Fsp3) is 1.00. The summed E-state index contributed by atoms with van der Waals surface area (Å²) in [7, 11) is -2.85. The fourth-order valence-electron chi connectivity index (χ4n) is 2.59. The average molecular weight is 276 g/mol. The molecule has 2 atom stereocenters. The van der Waals surface area contributed by atoms with Crippen LogP contribution in [0.2, 0.25) is 0 Å². The lowest BCUT2D eigenvalue weighted by Crippen LogP contribution is -2.56. The van der Waals surface area contributed by atoms with Gasteiger partial charge in [0, 0.05) is 37.5 Å². The van der Waals surface area contributed by atoms with Gasteiger partial charge >= 0.3 is 0 Å². The Hall–Kier alpha value is -0.130. The third-order valence-corrected chi connectivity index (χ3v) is 5.39. The van der Waals surface area contributed by atoms with Crippen LogP contribution in [-0.2, 0) is 9.84 Å². The molecule has 1 heterocycles. The van der Waals surface area contributed by atoms with E-state index in [0.717, 1.165) is 32.4 Å². The SMILES string of the molecule is CCCC1CNC(C)CN1CCS(=O)(=O)CCC. The van der Waals surface area contributed by atoms with Crippen LogP contribution in [0.4, 0.5) is 0 Å². The first-order valence-electron chi connectivity index (χ1n) is 7.16. The molecule has 0 aromatic heterocycles. The van der Waals surface area contributed by atoms with Crippen LogP contribution >= 0.6 is 0 Å². The Morgan fingerprint density at radius 2 is 1.94 bits per heavy atom. The first-order chi connectivity index (χ1) is 8.48. The summed E-state index contributed by atoms with van der Waals surface area (Å²) < 4.78 is 23.6. The van der Waals surface area contributed by atoms with Gasteiger partial charge in [0.05, 0.1) is 5.75 Å². The Bertz CT molecular complexity index is 330. The van der Waals surface area contributed by atoms with E-state index in [1.165, 1.54) is 0 Å². The molecular formula is C13H28N2O2S. The molecule has 0 spiro atoms. The van der Waals surface area contributed by atoms with Gasteiger partial charge < -0.3 is 5.32 Å². The highest BCUT2D eigenvalue weighted by atomic mass is 32.2. The summed E-state index contributed by atoms with van der Waals surface area (Å²) in [5.74, 6) is 0.640. The van der Waals surface area contributed by atoms with Crippen molar-refractivity contribution in [2.75, 3.05) is 31.1 Å². The van der Waals surface area contributed by atoms with Crippen LogP contribution in [0.3, 0.4) is 0 Å². The first kappa shape index (κ1) is 15.9. The maximum atomic E-state index is 11.8. The second kappa shape index (κ2) is 7.46. The lowest BCUT2D eigenvalue weighted by Gasteiger charge is -2.39. The summed E-state index contributed by atoms with van der Waals surface area (Å²) in [6.45, 7) is 8.91. The Balaban J connectivity index is 2.50. The van der Waals surface area contributed by atoms with E-state index in [1.807, 2.05) is 6.92 Å². The van der Waals surface area contributed by atoms with Gasteiger partial charge in [-0.2, -0.15) is 0 Å². The van der Waals surface area contributed by atoms with Crippen LogP contribution in [0.25, 0.3) is 0 Å². The third kappa shape index (κ3) is 5.24. The molecule has 18 heavy (non-hydrogen) atoms. The minimum absolute atomic E-state index is 0.313. The normalized spacial score (nSPS) is 26.4. The number of hydrogen-bond acceptors (Lipinski definition) is 4. The molecule has 1 aliphatic rings. The van der Waals surface area contributed by atoms with E-state index in [0.29, 0.717) is 30.1 Å². The van der Waals surface area contributed by atoms with Crippen LogP contribution in [0, 0.1) is 0 Å². The zero-order valence-corrected chi connectivity index (χ0v) is 12.8. The molecule has 4 nitrogen and oxygen atoms in total. The van der Waals surface area contributed by atoms with Crippen molar-refractivity contribution in [1.29, 1.82) is 0 Å². The van der Waals surface area contributed by atoms with Crippen molar-refractivity contribution >= 4 is 9.84 Å². The molecule has 0 radical (unpaired) electrons. The Kier molecular flexibility index (Phi) is 6.60. The van der Waals surface area contributed by atoms with Gasteiger partial charge in [-0.1, -0.05) is 20.3 Å². The van der Waals surface area contributed by atoms with Crippen molar-refractivity contribution in [2.45, 2.75) is 52.1 Å². The van der Waals surface area contributed by atoms with Gasteiger partial charge in [0.25, 0.3) is 0 Å². The summed E-state index contributed by atoms with van der Waals surface area (Å²) in [5.41, 5.74) is 0. The average Bonchev–Trinajstić information content (AvgIpc) is 2.30. The molecule has 0 aliphatic carbocycles. The van der Waals surface area contributed by atoms with Gasteiger partial charge in [0.1, 0.15) is 0 Å². The van der Waals surface area contributed by atoms with Crippen molar-refractivity contribution in [3.63, 3.8) is 0 Å². The van der Waals surface area contributed by atoms with E-state index in [2.05, 4.69) is 24.1 Å². The number of nitrogens with zero attached hydrogens (tertiary/aromatic N) is 1. The third-order valence-electron chi connectivity index (χ3n) is 3.55. The number of rotatable bonds is 7. The van der Waals surface area contributed by atoms with Gasteiger partial charge in [-0.25, -0.2) is 8.42 Å². The second-order valence-electron chi connectivity index (χ2n) is 5.40. The molecule has 0 amide bonds. The predicted octanol–water partition coefficient (Wildman–Crippen LogP) is 1.27. The van der Waals surface area contributed by atoms with Crippen molar-refractivity contribution in [3.05, 3.63) is 0 Å². The molecule has 0 aromatic carbocycles. The van der Waals surface area contributed by atoms with Crippen molar-refractivity contribution in [1.82, 2.24) is 10.2 Å². The Morgan fingerprint density at radius 3 is 2.56 bits per heavy atom. The maximum absolute atomic E-state index is 11.8. The van der Waals surface area contributed by atoms with Gasteiger partial charge in [-0.15, -0.1) is 0 Å². The van der Waals surface area contributed by atoms with E-state index >= 15 is 0 Å². The molecule has 1 rings (SSSR count). The minimum Gasteiger partial charge on any atom is -0.311 e. The highest BCUT2D eigenvalue weighted by Gasteiger charge is 2.25. The van der Waals surface area contributed by atoms with E-state index in [4.69, 9.17) is 0 Å². The summed E-state index contributed by atoms with van der Waals surface area (Å²) in [5, 5.41) is 3.48. The lowest BCUT2D eigenvalue weighted by atomic mass is 10.1. The van der Waals surface area contributed by atoms with E-state index in [1.54, 1.807) is 0 Å². The topological polar surface area (TPSA) is 49.4 Å². The van der Waals surface area contributed by atoms with Crippen LogP contribution < -0.4 is 5.32 Å². The molecular weight excluding hydrogens is 248 g/mol. The Morgan fingerprint density at radius 1 is 1.22 bits per heavy atom. The zero-order chi connectivity index (χ0) is 13.6.